The highest BCUT2D eigenvalue weighted by molar-refractivity contribution is 5.90. The molecule has 2 rings (SSSR count). The lowest BCUT2D eigenvalue weighted by Gasteiger charge is -2.24. The highest BCUT2D eigenvalue weighted by Crippen LogP contribution is 2.26. The van der Waals surface area contributed by atoms with Gasteiger partial charge < -0.3 is 4.74 Å². The SMILES string of the molecule is C#CC(C)(OC(=O)c1ccc(C=C)cc1)c1ccc(C)cc1. The molecule has 0 heterocycles. The van der Waals surface area contributed by atoms with Crippen LogP contribution in [0.15, 0.2) is 55.1 Å². The Balaban J connectivity index is 2.25. The monoisotopic (exact) mass is 290 g/mol. The van der Waals surface area contributed by atoms with E-state index in [1.807, 2.05) is 43.3 Å². The molecular weight excluding hydrogens is 272 g/mol. The number of ether oxygens (including phenoxy) is 1. The lowest BCUT2D eigenvalue weighted by atomic mass is 9.95. The average Bonchev–Trinajstić information content (AvgIpc) is 2.55. The summed E-state index contributed by atoms with van der Waals surface area (Å²) in [5.41, 5.74) is 2.20. The van der Waals surface area contributed by atoms with Gasteiger partial charge in [0, 0.05) is 5.56 Å². The van der Waals surface area contributed by atoms with Gasteiger partial charge in [0.05, 0.1) is 5.56 Å². The van der Waals surface area contributed by atoms with Gasteiger partial charge in [-0.25, -0.2) is 4.79 Å². The molecule has 0 aliphatic carbocycles. The van der Waals surface area contributed by atoms with Crippen LogP contribution in [0.2, 0.25) is 0 Å². The van der Waals surface area contributed by atoms with E-state index in [1.54, 1.807) is 25.1 Å². The predicted octanol–water partition coefficient (Wildman–Crippen LogP) is 4.34. The van der Waals surface area contributed by atoms with Crippen LogP contribution >= 0.6 is 0 Å². The molecule has 22 heavy (non-hydrogen) atoms. The van der Waals surface area contributed by atoms with E-state index in [9.17, 15) is 4.79 Å². The molecule has 0 fully saturated rings. The Morgan fingerprint density at radius 3 is 2.27 bits per heavy atom. The minimum atomic E-state index is -1.10. The van der Waals surface area contributed by atoms with Gasteiger partial charge in [-0.1, -0.05) is 60.5 Å². The van der Waals surface area contributed by atoms with E-state index in [4.69, 9.17) is 11.2 Å². The van der Waals surface area contributed by atoms with Crippen molar-refractivity contribution in [1.29, 1.82) is 0 Å². The minimum absolute atomic E-state index is 0.448. The van der Waals surface area contributed by atoms with Gasteiger partial charge in [-0.15, -0.1) is 6.42 Å². The molecule has 0 spiro atoms. The molecule has 0 saturated heterocycles. The first kappa shape index (κ1) is 15.6. The fourth-order valence-corrected chi connectivity index (χ4v) is 2.04. The Labute approximate surface area is 131 Å². The first-order valence-electron chi connectivity index (χ1n) is 6.99. The molecule has 0 aliphatic rings. The Hall–Kier alpha value is -2.79. The number of carbonyl (C=O) groups is 1. The number of carbonyl (C=O) groups excluding carboxylic acids is 1. The summed E-state index contributed by atoms with van der Waals surface area (Å²) in [5.74, 6) is 2.13. The largest absolute Gasteiger partial charge is 0.438 e. The van der Waals surface area contributed by atoms with Crippen LogP contribution in [-0.2, 0) is 10.3 Å². The van der Waals surface area contributed by atoms with Gasteiger partial charge in [-0.2, -0.15) is 0 Å². The van der Waals surface area contributed by atoms with Crippen LogP contribution in [0, 0.1) is 19.3 Å². The third-order valence-electron chi connectivity index (χ3n) is 3.56. The molecule has 1 atom stereocenters. The van der Waals surface area contributed by atoms with Gasteiger partial charge in [0.25, 0.3) is 0 Å². The standard InChI is InChI=1S/C20H18O2/c1-5-16-9-11-17(12-10-16)19(21)22-20(4,6-2)18-13-7-15(3)8-14-18/h2,5,7-14H,1H2,3-4H3. The molecule has 2 aromatic carbocycles. The number of esters is 1. The molecule has 0 aromatic heterocycles. The first-order valence-corrected chi connectivity index (χ1v) is 6.99. The topological polar surface area (TPSA) is 26.3 Å². The highest BCUT2D eigenvalue weighted by atomic mass is 16.6. The van der Waals surface area contributed by atoms with Crippen LogP contribution in [-0.4, -0.2) is 5.97 Å². The summed E-state index contributed by atoms with van der Waals surface area (Å²) in [5, 5.41) is 0. The Bertz CT molecular complexity index is 718. The Morgan fingerprint density at radius 2 is 1.77 bits per heavy atom. The van der Waals surface area contributed by atoms with E-state index in [0.29, 0.717) is 5.56 Å². The van der Waals surface area contributed by atoms with E-state index in [-0.39, 0.29) is 0 Å². The summed E-state index contributed by atoms with van der Waals surface area (Å²) < 4.78 is 5.57. The van der Waals surface area contributed by atoms with Crippen molar-refractivity contribution in [2.45, 2.75) is 19.4 Å². The second-order valence-electron chi connectivity index (χ2n) is 5.26. The summed E-state index contributed by atoms with van der Waals surface area (Å²) in [7, 11) is 0. The number of terminal acetylenes is 1. The molecule has 0 amide bonds. The zero-order chi connectivity index (χ0) is 16.2. The van der Waals surface area contributed by atoms with E-state index in [1.165, 1.54) is 0 Å². The number of rotatable bonds is 4. The van der Waals surface area contributed by atoms with E-state index in [2.05, 4.69) is 12.5 Å². The summed E-state index contributed by atoms with van der Waals surface area (Å²) in [6, 6.07) is 14.7. The van der Waals surface area contributed by atoms with Crippen molar-refractivity contribution in [3.63, 3.8) is 0 Å². The molecule has 2 nitrogen and oxygen atoms in total. The van der Waals surface area contributed by atoms with Crippen molar-refractivity contribution in [2.75, 3.05) is 0 Å². The van der Waals surface area contributed by atoms with Crippen molar-refractivity contribution >= 4 is 12.0 Å². The number of hydrogen-bond donors (Lipinski definition) is 0. The maximum Gasteiger partial charge on any atom is 0.339 e. The zero-order valence-corrected chi connectivity index (χ0v) is 12.8. The van der Waals surface area contributed by atoms with Gasteiger partial charge in [0.15, 0.2) is 5.60 Å². The predicted molar refractivity (Wildman–Crippen MR) is 89.3 cm³/mol. The third-order valence-corrected chi connectivity index (χ3v) is 3.56. The second kappa shape index (κ2) is 6.32. The maximum atomic E-state index is 12.3. The smallest absolute Gasteiger partial charge is 0.339 e. The van der Waals surface area contributed by atoms with Gasteiger partial charge >= 0.3 is 5.97 Å². The van der Waals surface area contributed by atoms with Gasteiger partial charge in [-0.05, 0) is 31.5 Å². The molecule has 2 heteroatoms. The number of aryl methyl sites for hydroxylation is 1. The summed E-state index contributed by atoms with van der Waals surface area (Å²) >= 11 is 0. The molecule has 0 bridgehead atoms. The molecule has 0 N–H and O–H groups in total. The summed E-state index contributed by atoms with van der Waals surface area (Å²) in [4.78, 5) is 12.3. The van der Waals surface area contributed by atoms with Crippen LogP contribution in [0.4, 0.5) is 0 Å². The molecule has 110 valence electrons. The van der Waals surface area contributed by atoms with E-state index >= 15 is 0 Å². The average molecular weight is 290 g/mol. The maximum absolute atomic E-state index is 12.3. The van der Waals surface area contributed by atoms with Gasteiger partial charge in [0.2, 0.25) is 0 Å². The second-order valence-corrected chi connectivity index (χ2v) is 5.26. The Kier molecular flexibility index (Phi) is 4.48. The van der Waals surface area contributed by atoms with Crippen LogP contribution in [0.25, 0.3) is 6.08 Å². The van der Waals surface area contributed by atoms with Crippen molar-refractivity contribution < 1.29 is 9.53 Å². The molecule has 0 aliphatic heterocycles. The lowest BCUT2D eigenvalue weighted by molar-refractivity contribution is 0.0129. The molecule has 1 unspecified atom stereocenters. The third kappa shape index (κ3) is 3.27. The molecular formula is C20H18O2. The number of hydrogen-bond acceptors (Lipinski definition) is 2. The van der Waals surface area contributed by atoms with E-state index < -0.39 is 11.6 Å². The fraction of sp³-hybridized carbons (Fsp3) is 0.150. The Morgan fingerprint density at radius 1 is 1.18 bits per heavy atom. The molecule has 0 saturated carbocycles. The minimum Gasteiger partial charge on any atom is -0.438 e. The summed E-state index contributed by atoms with van der Waals surface area (Å²) in [6.07, 6.45) is 7.32. The molecule has 0 radical (unpaired) electrons. The van der Waals surface area contributed by atoms with E-state index in [0.717, 1.165) is 16.7 Å². The van der Waals surface area contributed by atoms with Crippen molar-refractivity contribution in [3.05, 3.63) is 77.4 Å². The van der Waals surface area contributed by atoms with Crippen molar-refractivity contribution in [1.82, 2.24) is 0 Å². The number of benzene rings is 2. The normalized spacial score (nSPS) is 12.8. The highest BCUT2D eigenvalue weighted by Gasteiger charge is 2.29. The molecule has 2 aromatic rings. The zero-order valence-electron chi connectivity index (χ0n) is 12.8. The van der Waals surface area contributed by atoms with Gasteiger partial charge in [0.1, 0.15) is 0 Å². The fourth-order valence-electron chi connectivity index (χ4n) is 2.04. The van der Waals surface area contributed by atoms with Gasteiger partial charge in [-0.3, -0.25) is 0 Å². The summed E-state index contributed by atoms with van der Waals surface area (Å²) in [6.45, 7) is 7.39. The van der Waals surface area contributed by atoms with Crippen LogP contribution in [0.5, 0.6) is 0 Å². The quantitative estimate of drug-likeness (QED) is 0.618. The first-order chi connectivity index (χ1) is 10.5. The van der Waals surface area contributed by atoms with Crippen LogP contribution < -0.4 is 0 Å². The van der Waals surface area contributed by atoms with Crippen LogP contribution in [0.1, 0.15) is 34.0 Å². The lowest BCUT2D eigenvalue weighted by Crippen LogP contribution is -2.27. The van der Waals surface area contributed by atoms with Crippen molar-refractivity contribution in [3.8, 4) is 12.3 Å². The van der Waals surface area contributed by atoms with Crippen molar-refractivity contribution in [2.24, 2.45) is 0 Å². The van der Waals surface area contributed by atoms with Crippen LogP contribution in [0.3, 0.4) is 0 Å².